The number of rotatable bonds is 4. The van der Waals surface area contributed by atoms with Crippen LogP contribution in [-0.2, 0) is 13.1 Å². The van der Waals surface area contributed by atoms with Gasteiger partial charge in [0.25, 0.3) is 0 Å². The fourth-order valence-corrected chi connectivity index (χ4v) is 1.61. The van der Waals surface area contributed by atoms with Crippen LogP contribution in [0.15, 0.2) is 41.2 Å². The summed E-state index contributed by atoms with van der Waals surface area (Å²) in [7, 11) is 0. The number of hydrogen-bond acceptors (Lipinski definition) is 2. The van der Waals surface area contributed by atoms with Crippen LogP contribution in [0.25, 0.3) is 0 Å². The van der Waals surface area contributed by atoms with Gasteiger partial charge in [0, 0.05) is 29.2 Å². The van der Waals surface area contributed by atoms with Crippen molar-refractivity contribution < 1.29 is 8.81 Å². The summed E-state index contributed by atoms with van der Waals surface area (Å²) >= 11 is 5.79. The zero-order chi connectivity index (χ0) is 11.4. The van der Waals surface area contributed by atoms with Gasteiger partial charge in [-0.15, -0.1) is 0 Å². The van der Waals surface area contributed by atoms with Crippen molar-refractivity contribution in [3.05, 3.63) is 58.8 Å². The second kappa shape index (κ2) is 5.14. The molecule has 1 aromatic heterocycles. The Morgan fingerprint density at radius 2 is 2.12 bits per heavy atom. The van der Waals surface area contributed by atoms with E-state index >= 15 is 0 Å². The minimum atomic E-state index is -0.246. The molecule has 0 aliphatic heterocycles. The highest BCUT2D eigenvalue weighted by Crippen LogP contribution is 2.14. The fourth-order valence-electron chi connectivity index (χ4n) is 1.41. The maximum atomic E-state index is 13.3. The summed E-state index contributed by atoms with van der Waals surface area (Å²) in [5.41, 5.74) is 1.60. The normalized spacial score (nSPS) is 10.6. The molecule has 0 amide bonds. The van der Waals surface area contributed by atoms with E-state index in [0.29, 0.717) is 23.7 Å². The topological polar surface area (TPSA) is 25.2 Å². The lowest BCUT2D eigenvalue weighted by Crippen LogP contribution is -2.13. The Morgan fingerprint density at radius 3 is 2.88 bits per heavy atom. The summed E-state index contributed by atoms with van der Waals surface area (Å²) in [5.74, 6) is -0.246. The van der Waals surface area contributed by atoms with Crippen molar-refractivity contribution in [1.82, 2.24) is 5.32 Å². The van der Waals surface area contributed by atoms with Crippen LogP contribution >= 0.6 is 11.6 Å². The van der Waals surface area contributed by atoms with Crippen molar-refractivity contribution in [2.75, 3.05) is 0 Å². The Balaban J connectivity index is 1.92. The quantitative estimate of drug-likeness (QED) is 0.885. The zero-order valence-corrected chi connectivity index (χ0v) is 9.30. The van der Waals surface area contributed by atoms with Gasteiger partial charge in [-0.3, -0.25) is 0 Å². The zero-order valence-electron chi connectivity index (χ0n) is 8.54. The van der Waals surface area contributed by atoms with E-state index < -0.39 is 0 Å². The number of nitrogens with one attached hydrogen (secondary N) is 1. The number of benzene rings is 1. The van der Waals surface area contributed by atoms with Gasteiger partial charge in [-0.05, 0) is 24.3 Å². The maximum absolute atomic E-state index is 13.3. The molecule has 0 radical (unpaired) electrons. The van der Waals surface area contributed by atoms with Crippen LogP contribution in [0.4, 0.5) is 4.39 Å². The van der Waals surface area contributed by atoms with E-state index in [0.717, 1.165) is 5.56 Å². The Kier molecular flexibility index (Phi) is 3.59. The number of halogens is 2. The van der Waals surface area contributed by atoms with Crippen LogP contribution in [-0.4, -0.2) is 0 Å². The molecule has 2 aromatic rings. The first-order valence-electron chi connectivity index (χ1n) is 4.91. The standard InChI is InChI=1S/C12H11ClFNO/c13-11-1-2-12(14)10(5-11)7-15-6-9-3-4-16-8-9/h1-5,8,15H,6-7H2. The van der Waals surface area contributed by atoms with Crippen molar-refractivity contribution in [2.45, 2.75) is 13.1 Å². The predicted octanol–water partition coefficient (Wildman–Crippen LogP) is 3.36. The van der Waals surface area contributed by atoms with Gasteiger partial charge >= 0.3 is 0 Å². The molecule has 0 fully saturated rings. The molecule has 16 heavy (non-hydrogen) atoms. The van der Waals surface area contributed by atoms with Gasteiger partial charge in [-0.2, -0.15) is 0 Å². The lowest BCUT2D eigenvalue weighted by molar-refractivity contribution is 0.557. The molecule has 4 heteroatoms. The molecule has 0 saturated carbocycles. The van der Waals surface area contributed by atoms with E-state index in [2.05, 4.69) is 5.32 Å². The summed E-state index contributed by atoms with van der Waals surface area (Å²) in [6.07, 6.45) is 3.26. The van der Waals surface area contributed by atoms with Crippen molar-refractivity contribution in [3.63, 3.8) is 0 Å². The van der Waals surface area contributed by atoms with Gasteiger partial charge in [0.15, 0.2) is 0 Å². The molecule has 1 heterocycles. The SMILES string of the molecule is Fc1ccc(Cl)cc1CNCc1ccoc1. The van der Waals surface area contributed by atoms with Crippen LogP contribution in [0, 0.1) is 5.82 Å². The first kappa shape index (κ1) is 11.2. The summed E-state index contributed by atoms with van der Waals surface area (Å²) in [4.78, 5) is 0. The van der Waals surface area contributed by atoms with E-state index in [-0.39, 0.29) is 5.82 Å². The summed E-state index contributed by atoms with van der Waals surface area (Å²) in [5, 5.41) is 3.66. The Morgan fingerprint density at radius 1 is 1.25 bits per heavy atom. The Labute approximate surface area is 98.0 Å². The van der Waals surface area contributed by atoms with Gasteiger partial charge in [-0.1, -0.05) is 11.6 Å². The molecular weight excluding hydrogens is 229 g/mol. The van der Waals surface area contributed by atoms with Crippen LogP contribution < -0.4 is 5.32 Å². The van der Waals surface area contributed by atoms with Gasteiger partial charge < -0.3 is 9.73 Å². The molecule has 0 aliphatic carbocycles. The van der Waals surface area contributed by atoms with Crippen molar-refractivity contribution in [3.8, 4) is 0 Å². The molecule has 0 spiro atoms. The van der Waals surface area contributed by atoms with Gasteiger partial charge in [0.1, 0.15) is 5.82 Å². The summed E-state index contributed by atoms with van der Waals surface area (Å²) < 4.78 is 18.2. The lowest BCUT2D eigenvalue weighted by Gasteiger charge is -2.05. The minimum Gasteiger partial charge on any atom is -0.472 e. The molecule has 0 unspecified atom stereocenters. The van der Waals surface area contributed by atoms with Crippen LogP contribution in [0.1, 0.15) is 11.1 Å². The fraction of sp³-hybridized carbons (Fsp3) is 0.167. The van der Waals surface area contributed by atoms with E-state index in [4.69, 9.17) is 16.0 Å². The third kappa shape index (κ3) is 2.84. The van der Waals surface area contributed by atoms with Crippen molar-refractivity contribution in [1.29, 1.82) is 0 Å². The summed E-state index contributed by atoms with van der Waals surface area (Å²) in [6, 6.07) is 6.40. The highest BCUT2D eigenvalue weighted by atomic mass is 35.5. The Bertz CT molecular complexity index is 456. The molecule has 0 aliphatic rings. The molecule has 2 rings (SSSR count). The second-order valence-electron chi connectivity index (χ2n) is 3.47. The minimum absolute atomic E-state index is 0.246. The molecule has 0 saturated heterocycles. The van der Waals surface area contributed by atoms with E-state index in [1.165, 1.54) is 12.1 Å². The number of hydrogen-bond donors (Lipinski definition) is 1. The van der Waals surface area contributed by atoms with Crippen LogP contribution in [0.3, 0.4) is 0 Å². The van der Waals surface area contributed by atoms with Gasteiger partial charge in [0.05, 0.1) is 12.5 Å². The molecule has 2 nitrogen and oxygen atoms in total. The van der Waals surface area contributed by atoms with Crippen LogP contribution in [0.2, 0.25) is 5.02 Å². The van der Waals surface area contributed by atoms with E-state index in [1.807, 2.05) is 6.07 Å². The van der Waals surface area contributed by atoms with Crippen LogP contribution in [0.5, 0.6) is 0 Å². The van der Waals surface area contributed by atoms with Gasteiger partial charge in [0.2, 0.25) is 0 Å². The predicted molar refractivity (Wildman–Crippen MR) is 60.7 cm³/mol. The molecule has 0 atom stereocenters. The van der Waals surface area contributed by atoms with E-state index in [9.17, 15) is 4.39 Å². The molecule has 0 bridgehead atoms. The van der Waals surface area contributed by atoms with Gasteiger partial charge in [-0.25, -0.2) is 4.39 Å². The summed E-state index contributed by atoms with van der Waals surface area (Å²) in [6.45, 7) is 1.08. The lowest BCUT2D eigenvalue weighted by atomic mass is 10.2. The third-order valence-electron chi connectivity index (χ3n) is 2.23. The second-order valence-corrected chi connectivity index (χ2v) is 3.91. The third-order valence-corrected chi connectivity index (χ3v) is 2.47. The highest BCUT2D eigenvalue weighted by Gasteiger charge is 2.02. The highest BCUT2D eigenvalue weighted by molar-refractivity contribution is 6.30. The molecule has 1 N–H and O–H groups in total. The maximum Gasteiger partial charge on any atom is 0.127 e. The van der Waals surface area contributed by atoms with Crippen molar-refractivity contribution in [2.24, 2.45) is 0 Å². The number of furan rings is 1. The Hall–Kier alpha value is -1.32. The first-order chi connectivity index (χ1) is 7.75. The average molecular weight is 240 g/mol. The molecular formula is C12H11ClFNO. The monoisotopic (exact) mass is 239 g/mol. The smallest absolute Gasteiger partial charge is 0.127 e. The van der Waals surface area contributed by atoms with E-state index in [1.54, 1.807) is 18.6 Å². The molecule has 1 aromatic carbocycles. The first-order valence-corrected chi connectivity index (χ1v) is 5.29. The largest absolute Gasteiger partial charge is 0.472 e. The van der Waals surface area contributed by atoms with Crippen molar-refractivity contribution >= 4 is 11.6 Å². The average Bonchev–Trinajstić information content (AvgIpc) is 2.76. The molecule has 84 valence electrons.